The molecule has 2 aromatic rings. The van der Waals surface area contributed by atoms with Crippen molar-refractivity contribution in [3.05, 3.63) is 30.5 Å². The molecule has 1 aromatic heterocycles. The number of hydrogen-bond acceptors (Lipinski definition) is 2. The van der Waals surface area contributed by atoms with Crippen molar-refractivity contribution >= 4 is 10.9 Å². The van der Waals surface area contributed by atoms with Crippen molar-refractivity contribution in [3.8, 4) is 5.75 Å². The van der Waals surface area contributed by atoms with Gasteiger partial charge in [-0.1, -0.05) is 13.0 Å². The molecule has 0 spiro atoms. The minimum Gasteiger partial charge on any atom is -0.493 e. The minimum absolute atomic E-state index is 0.228. The number of aromatic nitrogens is 1. The number of aliphatic hydroxyl groups excluding tert-OH is 1. The SMILES string of the molecule is CCCOc1cccc2c1ccn2CCCO. The molecule has 3 heteroatoms. The highest BCUT2D eigenvalue weighted by Gasteiger charge is 2.05. The number of fused-ring (bicyclic) bond motifs is 1. The van der Waals surface area contributed by atoms with Crippen molar-refractivity contribution in [2.45, 2.75) is 26.3 Å². The van der Waals surface area contributed by atoms with Gasteiger partial charge in [0.25, 0.3) is 0 Å². The van der Waals surface area contributed by atoms with Gasteiger partial charge in [-0.3, -0.25) is 0 Å². The van der Waals surface area contributed by atoms with E-state index in [1.807, 2.05) is 12.1 Å². The molecule has 0 saturated carbocycles. The number of benzene rings is 1. The van der Waals surface area contributed by atoms with Gasteiger partial charge >= 0.3 is 0 Å². The van der Waals surface area contributed by atoms with Gasteiger partial charge in [-0.05, 0) is 31.0 Å². The first kappa shape index (κ1) is 12.0. The van der Waals surface area contributed by atoms with E-state index in [2.05, 4.69) is 29.8 Å². The number of aryl methyl sites for hydroxylation is 1. The summed E-state index contributed by atoms with van der Waals surface area (Å²) in [6, 6.07) is 8.19. The summed E-state index contributed by atoms with van der Waals surface area (Å²) < 4.78 is 7.88. The van der Waals surface area contributed by atoms with Crippen molar-refractivity contribution in [3.63, 3.8) is 0 Å². The summed E-state index contributed by atoms with van der Waals surface area (Å²) in [5.74, 6) is 0.951. The molecule has 1 heterocycles. The number of ether oxygens (including phenoxy) is 1. The molecule has 3 nitrogen and oxygen atoms in total. The fourth-order valence-corrected chi connectivity index (χ4v) is 1.97. The summed E-state index contributed by atoms with van der Waals surface area (Å²) in [4.78, 5) is 0. The van der Waals surface area contributed by atoms with Crippen molar-refractivity contribution < 1.29 is 9.84 Å². The maximum absolute atomic E-state index is 8.87. The Balaban J connectivity index is 2.28. The zero-order valence-electron chi connectivity index (χ0n) is 10.2. The Kier molecular flexibility index (Phi) is 4.04. The van der Waals surface area contributed by atoms with E-state index in [0.29, 0.717) is 0 Å². The Morgan fingerprint density at radius 2 is 2.18 bits per heavy atom. The van der Waals surface area contributed by atoms with Crippen LogP contribution in [0.4, 0.5) is 0 Å². The second-order valence-electron chi connectivity index (χ2n) is 4.12. The van der Waals surface area contributed by atoms with Gasteiger partial charge in [0.05, 0.1) is 12.1 Å². The molecule has 0 unspecified atom stereocenters. The fraction of sp³-hybridized carbons (Fsp3) is 0.429. The summed E-state index contributed by atoms with van der Waals surface area (Å²) >= 11 is 0. The lowest BCUT2D eigenvalue weighted by Gasteiger charge is -2.07. The summed E-state index contributed by atoms with van der Waals surface area (Å²) in [6.07, 6.45) is 3.85. The van der Waals surface area contributed by atoms with Crippen LogP contribution in [-0.4, -0.2) is 22.9 Å². The molecule has 0 aliphatic heterocycles. The van der Waals surface area contributed by atoms with Crippen LogP contribution in [0.25, 0.3) is 10.9 Å². The van der Waals surface area contributed by atoms with Gasteiger partial charge in [-0.15, -0.1) is 0 Å². The van der Waals surface area contributed by atoms with Crippen LogP contribution in [0.15, 0.2) is 30.5 Å². The number of aliphatic hydroxyl groups is 1. The molecule has 92 valence electrons. The van der Waals surface area contributed by atoms with E-state index in [9.17, 15) is 0 Å². The second-order valence-corrected chi connectivity index (χ2v) is 4.12. The predicted molar refractivity (Wildman–Crippen MR) is 69.4 cm³/mol. The van der Waals surface area contributed by atoms with Crippen molar-refractivity contribution in [2.75, 3.05) is 13.2 Å². The average Bonchev–Trinajstić information content (AvgIpc) is 2.77. The van der Waals surface area contributed by atoms with Crippen molar-refractivity contribution in [2.24, 2.45) is 0 Å². The van der Waals surface area contributed by atoms with E-state index in [1.165, 1.54) is 5.52 Å². The number of nitrogens with zero attached hydrogens (tertiary/aromatic N) is 1. The van der Waals surface area contributed by atoms with E-state index in [1.54, 1.807) is 0 Å². The highest BCUT2D eigenvalue weighted by molar-refractivity contribution is 5.86. The van der Waals surface area contributed by atoms with Crippen LogP contribution in [0.3, 0.4) is 0 Å². The van der Waals surface area contributed by atoms with Crippen LogP contribution in [0, 0.1) is 0 Å². The highest BCUT2D eigenvalue weighted by Crippen LogP contribution is 2.26. The zero-order chi connectivity index (χ0) is 12.1. The smallest absolute Gasteiger partial charge is 0.128 e. The zero-order valence-corrected chi connectivity index (χ0v) is 10.2. The predicted octanol–water partition coefficient (Wildman–Crippen LogP) is 2.81. The molecule has 2 rings (SSSR count). The second kappa shape index (κ2) is 5.73. The van der Waals surface area contributed by atoms with E-state index in [4.69, 9.17) is 9.84 Å². The maximum Gasteiger partial charge on any atom is 0.128 e. The third kappa shape index (κ3) is 2.61. The van der Waals surface area contributed by atoms with E-state index < -0.39 is 0 Å². The van der Waals surface area contributed by atoms with Gasteiger partial charge in [0.1, 0.15) is 5.75 Å². The average molecular weight is 233 g/mol. The van der Waals surface area contributed by atoms with Gasteiger partial charge in [0.15, 0.2) is 0 Å². The number of hydrogen-bond donors (Lipinski definition) is 1. The van der Waals surface area contributed by atoms with E-state index >= 15 is 0 Å². The maximum atomic E-state index is 8.87. The fourth-order valence-electron chi connectivity index (χ4n) is 1.97. The molecule has 0 fully saturated rings. The van der Waals surface area contributed by atoms with Crippen LogP contribution >= 0.6 is 0 Å². The van der Waals surface area contributed by atoms with Gasteiger partial charge in [-0.25, -0.2) is 0 Å². The Morgan fingerprint density at radius 3 is 2.94 bits per heavy atom. The van der Waals surface area contributed by atoms with Crippen LogP contribution in [0.5, 0.6) is 5.75 Å². The molecule has 0 radical (unpaired) electrons. The number of rotatable bonds is 6. The van der Waals surface area contributed by atoms with Crippen LogP contribution in [-0.2, 0) is 6.54 Å². The first-order chi connectivity index (χ1) is 8.36. The lowest BCUT2D eigenvalue weighted by molar-refractivity contribution is 0.280. The van der Waals surface area contributed by atoms with Crippen LogP contribution < -0.4 is 4.74 Å². The largest absolute Gasteiger partial charge is 0.493 e. The highest BCUT2D eigenvalue weighted by atomic mass is 16.5. The van der Waals surface area contributed by atoms with Crippen molar-refractivity contribution in [1.29, 1.82) is 0 Å². The molecule has 0 atom stereocenters. The molecule has 1 aromatic carbocycles. The Bertz CT molecular complexity index is 476. The minimum atomic E-state index is 0.228. The molecular weight excluding hydrogens is 214 g/mol. The Hall–Kier alpha value is -1.48. The normalized spacial score (nSPS) is 10.9. The third-order valence-electron chi connectivity index (χ3n) is 2.79. The molecule has 1 N–H and O–H groups in total. The lowest BCUT2D eigenvalue weighted by Crippen LogP contribution is -1.99. The van der Waals surface area contributed by atoms with Gasteiger partial charge in [-0.2, -0.15) is 0 Å². The summed E-state index contributed by atoms with van der Waals surface area (Å²) in [5.41, 5.74) is 1.17. The van der Waals surface area contributed by atoms with Gasteiger partial charge < -0.3 is 14.4 Å². The first-order valence-electron chi connectivity index (χ1n) is 6.18. The van der Waals surface area contributed by atoms with Crippen molar-refractivity contribution in [1.82, 2.24) is 4.57 Å². The van der Waals surface area contributed by atoms with E-state index in [-0.39, 0.29) is 6.61 Å². The Labute approximate surface area is 102 Å². The van der Waals surface area contributed by atoms with Crippen LogP contribution in [0.2, 0.25) is 0 Å². The van der Waals surface area contributed by atoms with E-state index in [0.717, 1.165) is 37.1 Å². The standard InChI is InChI=1S/C14H19NO2/c1-2-11-17-14-6-3-5-13-12(14)7-9-15(13)8-4-10-16/h3,5-7,9,16H,2,4,8,10-11H2,1H3. The molecule has 0 aliphatic carbocycles. The lowest BCUT2D eigenvalue weighted by atomic mass is 10.2. The topological polar surface area (TPSA) is 34.4 Å². The molecule has 0 aliphatic rings. The molecule has 0 saturated heterocycles. The third-order valence-corrected chi connectivity index (χ3v) is 2.79. The quantitative estimate of drug-likeness (QED) is 0.832. The van der Waals surface area contributed by atoms with Gasteiger partial charge in [0.2, 0.25) is 0 Å². The van der Waals surface area contributed by atoms with Gasteiger partial charge in [0, 0.05) is 24.7 Å². The Morgan fingerprint density at radius 1 is 1.29 bits per heavy atom. The van der Waals surface area contributed by atoms with Crippen LogP contribution in [0.1, 0.15) is 19.8 Å². The summed E-state index contributed by atoms with van der Waals surface area (Å²) in [5, 5.41) is 10.0. The summed E-state index contributed by atoms with van der Waals surface area (Å²) in [7, 11) is 0. The first-order valence-corrected chi connectivity index (χ1v) is 6.18. The molecule has 0 amide bonds. The summed E-state index contributed by atoms with van der Waals surface area (Å²) in [6.45, 7) is 3.93. The molecular formula is C14H19NO2. The molecule has 0 bridgehead atoms. The monoisotopic (exact) mass is 233 g/mol. The molecule has 17 heavy (non-hydrogen) atoms.